The molecule has 0 saturated carbocycles. The van der Waals surface area contributed by atoms with Gasteiger partial charge in [0.2, 0.25) is 5.91 Å². The first-order chi connectivity index (χ1) is 16.7. The Hall–Kier alpha value is -4.39. The molecule has 34 heavy (non-hydrogen) atoms. The van der Waals surface area contributed by atoms with Crippen LogP contribution in [0, 0.1) is 0 Å². The normalized spacial score (nSPS) is 10.9. The Labute approximate surface area is 198 Å². The van der Waals surface area contributed by atoms with E-state index in [4.69, 9.17) is 9.47 Å². The van der Waals surface area contributed by atoms with Gasteiger partial charge in [0.1, 0.15) is 11.5 Å². The van der Waals surface area contributed by atoms with Gasteiger partial charge in [0.25, 0.3) is 0 Å². The second-order valence-electron chi connectivity index (χ2n) is 7.52. The van der Waals surface area contributed by atoms with E-state index in [1.54, 1.807) is 45.0 Å². The van der Waals surface area contributed by atoms with E-state index >= 15 is 0 Å². The lowest BCUT2D eigenvalue weighted by Crippen LogP contribution is -2.19. The van der Waals surface area contributed by atoms with Crippen molar-refractivity contribution in [3.05, 3.63) is 90.8 Å². The topological polar surface area (TPSA) is 77.7 Å². The van der Waals surface area contributed by atoms with E-state index in [0.29, 0.717) is 23.6 Å². The van der Waals surface area contributed by atoms with Gasteiger partial charge in [-0.05, 0) is 18.2 Å². The van der Waals surface area contributed by atoms with Crippen molar-refractivity contribution in [2.24, 2.45) is 5.10 Å². The summed E-state index contributed by atoms with van der Waals surface area (Å²) in [5, 5.41) is 4.09. The number of carbonyl (C=O) groups excluding carboxylic acids is 1. The van der Waals surface area contributed by atoms with Crippen molar-refractivity contribution in [2.75, 3.05) is 14.2 Å². The molecule has 0 aliphatic rings. The van der Waals surface area contributed by atoms with E-state index in [1.165, 1.54) is 0 Å². The monoisotopic (exact) mass is 454 g/mol. The number of hydrazone groups is 1. The fourth-order valence-corrected chi connectivity index (χ4v) is 3.65. The average molecular weight is 455 g/mol. The number of rotatable bonds is 9. The van der Waals surface area contributed by atoms with Crippen molar-refractivity contribution in [2.45, 2.75) is 13.0 Å². The third-order valence-electron chi connectivity index (χ3n) is 5.34. The Morgan fingerprint density at radius 1 is 0.971 bits per heavy atom. The number of imidazole rings is 1. The molecular formula is C27H26N4O3. The minimum atomic E-state index is -0.202. The molecule has 0 radical (unpaired) electrons. The van der Waals surface area contributed by atoms with E-state index < -0.39 is 0 Å². The van der Waals surface area contributed by atoms with Crippen molar-refractivity contribution in [3.63, 3.8) is 0 Å². The number of benzene rings is 3. The SMILES string of the molecule is COc1ccc(OC)c(C=NNC(=O)CCn2cnc(-c3ccccc3)c2-c2ccccc2)c1. The van der Waals surface area contributed by atoms with Gasteiger partial charge in [-0.2, -0.15) is 5.10 Å². The summed E-state index contributed by atoms with van der Waals surface area (Å²) in [6.45, 7) is 0.466. The van der Waals surface area contributed by atoms with Crippen molar-refractivity contribution in [1.82, 2.24) is 15.0 Å². The molecular weight excluding hydrogens is 428 g/mol. The second-order valence-corrected chi connectivity index (χ2v) is 7.52. The van der Waals surface area contributed by atoms with Crippen LogP contribution in [0.4, 0.5) is 0 Å². The van der Waals surface area contributed by atoms with E-state index in [1.807, 2.05) is 65.2 Å². The summed E-state index contributed by atoms with van der Waals surface area (Å²) < 4.78 is 12.6. The molecule has 0 aliphatic carbocycles. The zero-order valence-electron chi connectivity index (χ0n) is 19.1. The summed E-state index contributed by atoms with van der Waals surface area (Å²) in [5.74, 6) is 1.11. The van der Waals surface area contributed by atoms with Crippen molar-refractivity contribution in [3.8, 4) is 34.0 Å². The highest BCUT2D eigenvalue weighted by molar-refractivity contribution is 5.86. The fourth-order valence-electron chi connectivity index (χ4n) is 3.65. The lowest BCUT2D eigenvalue weighted by molar-refractivity contribution is -0.121. The number of hydrogen-bond acceptors (Lipinski definition) is 5. The van der Waals surface area contributed by atoms with E-state index in [0.717, 1.165) is 22.5 Å². The van der Waals surface area contributed by atoms with Gasteiger partial charge in [0.05, 0.1) is 38.1 Å². The smallest absolute Gasteiger partial charge is 0.241 e. The minimum absolute atomic E-state index is 0.202. The van der Waals surface area contributed by atoms with E-state index in [9.17, 15) is 4.79 Å². The van der Waals surface area contributed by atoms with Crippen LogP contribution >= 0.6 is 0 Å². The summed E-state index contributed by atoms with van der Waals surface area (Å²) >= 11 is 0. The molecule has 1 amide bonds. The number of ether oxygens (including phenoxy) is 2. The Kier molecular flexibility index (Phi) is 7.35. The molecule has 0 bridgehead atoms. The van der Waals surface area contributed by atoms with Crippen molar-refractivity contribution >= 4 is 12.1 Å². The molecule has 0 spiro atoms. The number of aryl methyl sites for hydroxylation is 1. The van der Waals surface area contributed by atoms with Crippen LogP contribution in [-0.2, 0) is 11.3 Å². The van der Waals surface area contributed by atoms with Gasteiger partial charge in [0, 0.05) is 29.7 Å². The fraction of sp³-hybridized carbons (Fsp3) is 0.148. The molecule has 0 fully saturated rings. The summed E-state index contributed by atoms with van der Waals surface area (Å²) in [5.41, 5.74) is 7.23. The van der Waals surface area contributed by atoms with Crippen LogP contribution in [0.5, 0.6) is 11.5 Å². The molecule has 3 aromatic carbocycles. The van der Waals surface area contributed by atoms with Crippen LogP contribution in [0.3, 0.4) is 0 Å². The third kappa shape index (κ3) is 5.32. The van der Waals surface area contributed by atoms with E-state index in [-0.39, 0.29) is 12.3 Å². The van der Waals surface area contributed by atoms with Crippen molar-refractivity contribution < 1.29 is 14.3 Å². The molecule has 0 saturated heterocycles. The highest BCUT2D eigenvalue weighted by Crippen LogP contribution is 2.31. The van der Waals surface area contributed by atoms with Gasteiger partial charge in [0.15, 0.2) is 0 Å². The summed E-state index contributed by atoms with van der Waals surface area (Å²) in [6, 6.07) is 25.5. The third-order valence-corrected chi connectivity index (χ3v) is 5.34. The maximum atomic E-state index is 12.5. The highest BCUT2D eigenvalue weighted by atomic mass is 16.5. The van der Waals surface area contributed by atoms with Crippen LogP contribution < -0.4 is 14.9 Å². The number of amides is 1. The minimum Gasteiger partial charge on any atom is -0.497 e. The van der Waals surface area contributed by atoms with Gasteiger partial charge in [-0.15, -0.1) is 0 Å². The molecule has 0 atom stereocenters. The van der Waals surface area contributed by atoms with Gasteiger partial charge >= 0.3 is 0 Å². The highest BCUT2D eigenvalue weighted by Gasteiger charge is 2.15. The Morgan fingerprint density at radius 3 is 2.35 bits per heavy atom. The zero-order chi connectivity index (χ0) is 23.8. The number of carbonyl (C=O) groups is 1. The molecule has 1 aromatic heterocycles. The lowest BCUT2D eigenvalue weighted by Gasteiger charge is -2.10. The van der Waals surface area contributed by atoms with Crippen molar-refractivity contribution in [1.29, 1.82) is 0 Å². The Morgan fingerprint density at radius 2 is 1.68 bits per heavy atom. The number of nitrogens with zero attached hydrogens (tertiary/aromatic N) is 3. The number of hydrogen-bond donors (Lipinski definition) is 1. The molecule has 1 heterocycles. The standard InChI is InChI=1S/C27H26N4O3/c1-33-23-13-14-24(34-2)22(17-23)18-29-30-25(32)15-16-31-19-28-26(20-9-5-3-6-10-20)27(31)21-11-7-4-8-12-21/h3-14,17-19H,15-16H2,1-2H3,(H,30,32). The van der Waals surface area contributed by atoms with Crippen LogP contribution in [0.1, 0.15) is 12.0 Å². The van der Waals surface area contributed by atoms with Gasteiger partial charge in [-0.1, -0.05) is 60.7 Å². The largest absolute Gasteiger partial charge is 0.497 e. The number of aromatic nitrogens is 2. The average Bonchev–Trinajstić information content (AvgIpc) is 3.32. The van der Waals surface area contributed by atoms with Crippen LogP contribution in [-0.4, -0.2) is 35.9 Å². The first kappa shape index (κ1) is 22.8. The van der Waals surface area contributed by atoms with Crippen LogP contribution in [0.2, 0.25) is 0 Å². The number of methoxy groups -OCH3 is 2. The Bertz CT molecular complexity index is 1270. The molecule has 7 nitrogen and oxygen atoms in total. The van der Waals surface area contributed by atoms with E-state index in [2.05, 4.69) is 15.5 Å². The molecule has 1 N–H and O–H groups in total. The van der Waals surface area contributed by atoms with Gasteiger partial charge in [-0.25, -0.2) is 10.4 Å². The molecule has 172 valence electrons. The predicted molar refractivity (Wildman–Crippen MR) is 133 cm³/mol. The number of nitrogens with one attached hydrogen (secondary N) is 1. The summed E-state index contributed by atoms with van der Waals surface area (Å²) in [7, 11) is 3.17. The quantitative estimate of drug-likeness (QED) is 0.292. The maximum Gasteiger partial charge on any atom is 0.241 e. The van der Waals surface area contributed by atoms with Gasteiger partial charge < -0.3 is 14.0 Å². The maximum absolute atomic E-state index is 12.5. The molecule has 4 aromatic rings. The zero-order valence-corrected chi connectivity index (χ0v) is 19.1. The molecule has 7 heteroatoms. The molecule has 0 aliphatic heterocycles. The first-order valence-electron chi connectivity index (χ1n) is 10.9. The summed E-state index contributed by atoms with van der Waals surface area (Å²) in [4.78, 5) is 17.1. The summed E-state index contributed by atoms with van der Waals surface area (Å²) in [6.07, 6.45) is 3.57. The van der Waals surface area contributed by atoms with Gasteiger partial charge in [-0.3, -0.25) is 4.79 Å². The molecule has 4 rings (SSSR count). The van der Waals surface area contributed by atoms with Crippen LogP contribution in [0.15, 0.2) is 90.3 Å². The Balaban J connectivity index is 1.47. The first-order valence-corrected chi connectivity index (χ1v) is 10.9. The lowest BCUT2D eigenvalue weighted by atomic mass is 10.0. The predicted octanol–water partition coefficient (Wildman–Crippen LogP) is 4.77. The molecule has 0 unspecified atom stereocenters. The van der Waals surface area contributed by atoms with Crippen LogP contribution in [0.25, 0.3) is 22.5 Å². The second kappa shape index (κ2) is 11.0.